The predicted octanol–water partition coefficient (Wildman–Crippen LogP) is 1.31. The maximum absolute atomic E-state index is 12.4. The van der Waals surface area contributed by atoms with Gasteiger partial charge >= 0.3 is 0 Å². The second-order valence-electron chi connectivity index (χ2n) is 6.14. The first-order valence-corrected chi connectivity index (χ1v) is 8.12. The highest BCUT2D eigenvalue weighted by molar-refractivity contribution is 5.82. The first kappa shape index (κ1) is 14.4. The summed E-state index contributed by atoms with van der Waals surface area (Å²) in [6.45, 7) is 4.58. The number of aromatic nitrogens is 2. The molecular weight excluding hydrogens is 292 g/mol. The van der Waals surface area contributed by atoms with Crippen molar-refractivity contribution in [2.45, 2.75) is 6.42 Å². The van der Waals surface area contributed by atoms with Crippen molar-refractivity contribution in [1.82, 2.24) is 14.9 Å². The minimum Gasteiger partial charge on any atom is -0.381 e. The number of rotatable bonds is 2. The second-order valence-corrected chi connectivity index (χ2v) is 6.14. The summed E-state index contributed by atoms with van der Waals surface area (Å²) >= 11 is 0. The zero-order valence-electron chi connectivity index (χ0n) is 13.0. The molecule has 1 aromatic carbocycles. The minimum atomic E-state index is 0.0689. The predicted molar refractivity (Wildman–Crippen MR) is 87.3 cm³/mol. The summed E-state index contributed by atoms with van der Waals surface area (Å²) in [5, 5.41) is 1.05. The topological polar surface area (TPSA) is 58.6 Å². The monoisotopic (exact) mass is 312 g/mol. The van der Waals surface area contributed by atoms with Crippen molar-refractivity contribution in [3.8, 4) is 0 Å². The average Bonchev–Trinajstić information content (AvgIpc) is 3.15. The van der Waals surface area contributed by atoms with Crippen molar-refractivity contribution in [3.05, 3.63) is 30.7 Å². The van der Waals surface area contributed by atoms with Gasteiger partial charge < -0.3 is 14.5 Å². The van der Waals surface area contributed by atoms with Crippen LogP contribution in [0.4, 0.5) is 5.69 Å². The Bertz CT molecular complexity index is 707. The number of carbonyl (C=O) groups is 1. The zero-order chi connectivity index (χ0) is 15.6. The van der Waals surface area contributed by atoms with Crippen LogP contribution in [0.3, 0.4) is 0 Å². The number of nitrogens with zero attached hydrogens (tertiary/aromatic N) is 4. The Morgan fingerprint density at radius 2 is 2.09 bits per heavy atom. The average molecular weight is 312 g/mol. The molecule has 6 nitrogen and oxygen atoms in total. The summed E-state index contributed by atoms with van der Waals surface area (Å²) in [5.41, 5.74) is 2.13. The molecule has 23 heavy (non-hydrogen) atoms. The molecule has 0 N–H and O–H groups in total. The zero-order valence-corrected chi connectivity index (χ0v) is 13.0. The van der Waals surface area contributed by atoms with Gasteiger partial charge in [0.2, 0.25) is 5.91 Å². The van der Waals surface area contributed by atoms with Gasteiger partial charge in [-0.3, -0.25) is 4.79 Å². The molecule has 6 heteroatoms. The number of fused-ring (bicyclic) bond motifs is 1. The van der Waals surface area contributed by atoms with Crippen molar-refractivity contribution in [2.24, 2.45) is 5.92 Å². The number of hydrogen-bond donors (Lipinski definition) is 0. The quantitative estimate of drug-likeness (QED) is 0.837. The molecule has 0 bridgehead atoms. The smallest absolute Gasteiger partial charge is 0.228 e. The van der Waals surface area contributed by atoms with Gasteiger partial charge in [-0.25, -0.2) is 9.97 Å². The lowest BCUT2D eigenvalue weighted by molar-refractivity contribution is -0.135. The molecule has 2 saturated heterocycles. The van der Waals surface area contributed by atoms with Crippen LogP contribution in [0.5, 0.6) is 0 Å². The van der Waals surface area contributed by atoms with Crippen LogP contribution in [0.25, 0.3) is 10.9 Å². The Kier molecular flexibility index (Phi) is 3.83. The molecule has 2 aliphatic rings. The van der Waals surface area contributed by atoms with E-state index in [0.717, 1.165) is 50.1 Å². The van der Waals surface area contributed by atoms with E-state index in [1.54, 1.807) is 6.33 Å². The van der Waals surface area contributed by atoms with Crippen molar-refractivity contribution < 1.29 is 9.53 Å². The molecule has 1 unspecified atom stereocenters. The molecule has 1 atom stereocenters. The molecule has 2 aliphatic heterocycles. The Morgan fingerprint density at radius 3 is 2.87 bits per heavy atom. The maximum Gasteiger partial charge on any atom is 0.228 e. The fourth-order valence-electron chi connectivity index (χ4n) is 3.34. The van der Waals surface area contributed by atoms with E-state index in [9.17, 15) is 4.79 Å². The Hall–Kier alpha value is -2.21. The third-order valence-electron chi connectivity index (χ3n) is 4.72. The first-order chi connectivity index (χ1) is 11.3. The summed E-state index contributed by atoms with van der Waals surface area (Å²) in [6.07, 6.45) is 4.27. The fourth-order valence-corrected chi connectivity index (χ4v) is 3.34. The van der Waals surface area contributed by atoms with E-state index in [2.05, 4.69) is 27.0 Å². The van der Waals surface area contributed by atoms with E-state index in [4.69, 9.17) is 4.74 Å². The van der Waals surface area contributed by atoms with E-state index >= 15 is 0 Å². The van der Waals surface area contributed by atoms with Gasteiger partial charge in [0.1, 0.15) is 6.33 Å². The summed E-state index contributed by atoms with van der Waals surface area (Å²) in [7, 11) is 0. The number of ether oxygens (including phenoxy) is 1. The van der Waals surface area contributed by atoms with Crippen LogP contribution in [0, 0.1) is 5.92 Å². The second kappa shape index (κ2) is 6.12. The molecule has 0 spiro atoms. The third kappa shape index (κ3) is 2.86. The van der Waals surface area contributed by atoms with Crippen LogP contribution >= 0.6 is 0 Å². The summed E-state index contributed by atoms with van der Waals surface area (Å²) in [6, 6.07) is 6.25. The van der Waals surface area contributed by atoms with Gasteiger partial charge in [-0.2, -0.15) is 0 Å². The van der Waals surface area contributed by atoms with Crippen LogP contribution in [0.2, 0.25) is 0 Å². The molecule has 4 rings (SSSR count). The summed E-state index contributed by atoms with van der Waals surface area (Å²) < 4.78 is 5.33. The molecule has 1 aromatic heterocycles. The van der Waals surface area contributed by atoms with Crippen LogP contribution in [-0.2, 0) is 9.53 Å². The van der Waals surface area contributed by atoms with E-state index in [1.807, 2.05) is 17.2 Å². The van der Waals surface area contributed by atoms with E-state index in [-0.39, 0.29) is 11.8 Å². The largest absolute Gasteiger partial charge is 0.381 e. The number of benzene rings is 1. The van der Waals surface area contributed by atoms with E-state index in [0.29, 0.717) is 6.61 Å². The molecule has 120 valence electrons. The van der Waals surface area contributed by atoms with Crippen molar-refractivity contribution >= 4 is 22.5 Å². The lowest BCUT2D eigenvalue weighted by atomic mass is 10.1. The molecule has 0 saturated carbocycles. The van der Waals surface area contributed by atoms with Crippen molar-refractivity contribution in [1.29, 1.82) is 0 Å². The molecule has 0 radical (unpaired) electrons. The number of carbonyl (C=O) groups excluding carboxylic acids is 1. The Morgan fingerprint density at radius 1 is 1.22 bits per heavy atom. The van der Waals surface area contributed by atoms with Crippen LogP contribution in [0.1, 0.15) is 6.42 Å². The van der Waals surface area contributed by atoms with Crippen molar-refractivity contribution in [2.75, 3.05) is 44.3 Å². The summed E-state index contributed by atoms with van der Waals surface area (Å²) in [4.78, 5) is 25.1. The fraction of sp³-hybridized carbons (Fsp3) is 0.471. The van der Waals surface area contributed by atoms with Crippen LogP contribution < -0.4 is 4.90 Å². The lowest BCUT2D eigenvalue weighted by Crippen LogP contribution is -2.50. The van der Waals surface area contributed by atoms with Gasteiger partial charge in [-0.15, -0.1) is 0 Å². The van der Waals surface area contributed by atoms with E-state index < -0.39 is 0 Å². The van der Waals surface area contributed by atoms with E-state index in [1.165, 1.54) is 5.69 Å². The number of anilines is 1. The highest BCUT2D eigenvalue weighted by Crippen LogP contribution is 2.23. The molecule has 2 fully saturated rings. The maximum atomic E-state index is 12.4. The molecular formula is C17H20N4O2. The molecule has 3 heterocycles. The molecule has 2 aromatic rings. The minimum absolute atomic E-state index is 0.0689. The highest BCUT2D eigenvalue weighted by Gasteiger charge is 2.30. The SMILES string of the molecule is O=C(C1CCOC1)N1CCN(c2ccc3ncncc3c2)CC1. The number of hydrogen-bond acceptors (Lipinski definition) is 5. The number of amides is 1. The van der Waals surface area contributed by atoms with Crippen LogP contribution in [-0.4, -0.2) is 60.2 Å². The summed E-state index contributed by atoms with van der Waals surface area (Å²) in [5.74, 6) is 0.327. The third-order valence-corrected chi connectivity index (χ3v) is 4.72. The van der Waals surface area contributed by atoms with Crippen LogP contribution in [0.15, 0.2) is 30.7 Å². The molecule has 1 amide bonds. The van der Waals surface area contributed by atoms with Gasteiger partial charge in [0.25, 0.3) is 0 Å². The first-order valence-electron chi connectivity index (χ1n) is 8.12. The number of piperazine rings is 1. The normalized spacial score (nSPS) is 21.8. The Balaban J connectivity index is 1.43. The lowest BCUT2D eigenvalue weighted by Gasteiger charge is -2.37. The Labute approximate surface area is 135 Å². The standard InChI is InChI=1S/C17H20N4O2/c22-17(13-3-8-23-11-13)21-6-4-20(5-7-21)15-1-2-16-14(9-15)10-18-12-19-16/h1-2,9-10,12-13H,3-8,11H2. The van der Waals surface area contributed by atoms with Crippen molar-refractivity contribution in [3.63, 3.8) is 0 Å². The van der Waals surface area contributed by atoms with Gasteiger partial charge in [0.15, 0.2) is 0 Å². The van der Waals surface area contributed by atoms with Gasteiger partial charge in [0.05, 0.1) is 18.0 Å². The molecule has 0 aliphatic carbocycles. The van der Waals surface area contributed by atoms with Gasteiger partial charge in [0, 0.05) is 50.1 Å². The van der Waals surface area contributed by atoms with Gasteiger partial charge in [-0.1, -0.05) is 0 Å². The highest BCUT2D eigenvalue weighted by atomic mass is 16.5. The van der Waals surface area contributed by atoms with Gasteiger partial charge in [-0.05, 0) is 24.6 Å².